The highest BCUT2D eigenvalue weighted by Gasteiger charge is 2.28. The van der Waals surface area contributed by atoms with Crippen LogP contribution in [0.2, 0.25) is 0 Å². The number of β-amino-alcohol motifs (C(OH)–C–C–N with tert-alkyl or cyclic N) is 1. The molecule has 22 heavy (non-hydrogen) atoms. The van der Waals surface area contributed by atoms with Gasteiger partial charge in [0.15, 0.2) is 0 Å². The molecule has 5 heteroatoms. The Morgan fingerprint density at radius 1 is 1.50 bits per heavy atom. The van der Waals surface area contributed by atoms with Gasteiger partial charge in [-0.3, -0.25) is 9.69 Å². The molecule has 1 aromatic rings. The molecule has 2 unspecified atom stereocenters. The number of likely N-dealkylation sites (tertiary alicyclic amines) is 1. The number of aliphatic hydroxyl groups excluding tert-OH is 1. The maximum absolute atomic E-state index is 12.1. The number of aliphatic hydroxyl groups is 1. The fourth-order valence-corrected chi connectivity index (χ4v) is 2.99. The summed E-state index contributed by atoms with van der Waals surface area (Å²) in [6, 6.07) is 7.51. The van der Waals surface area contributed by atoms with E-state index in [4.69, 9.17) is 4.74 Å². The van der Waals surface area contributed by atoms with E-state index >= 15 is 0 Å². The van der Waals surface area contributed by atoms with Crippen LogP contribution in [-0.2, 0) is 4.79 Å². The minimum absolute atomic E-state index is 0.0428. The maximum Gasteiger partial charge on any atom is 0.226 e. The van der Waals surface area contributed by atoms with E-state index < -0.39 is 6.10 Å². The molecular weight excluding hydrogens is 280 g/mol. The van der Waals surface area contributed by atoms with Crippen LogP contribution in [0.4, 0.5) is 0 Å². The number of methoxy groups -OCH3 is 1. The van der Waals surface area contributed by atoms with Crippen molar-refractivity contribution in [2.45, 2.75) is 18.9 Å². The van der Waals surface area contributed by atoms with Crippen molar-refractivity contribution >= 4 is 5.91 Å². The van der Waals surface area contributed by atoms with Gasteiger partial charge in [-0.2, -0.15) is 0 Å². The molecule has 1 amide bonds. The van der Waals surface area contributed by atoms with Gasteiger partial charge in [-0.05, 0) is 37.1 Å². The summed E-state index contributed by atoms with van der Waals surface area (Å²) >= 11 is 0. The summed E-state index contributed by atoms with van der Waals surface area (Å²) in [7, 11) is 5.21. The van der Waals surface area contributed by atoms with Crippen molar-refractivity contribution < 1.29 is 14.6 Å². The zero-order valence-electron chi connectivity index (χ0n) is 13.7. The number of nitrogens with zero attached hydrogens (tertiary/aromatic N) is 2. The van der Waals surface area contributed by atoms with Crippen molar-refractivity contribution in [3.8, 4) is 5.75 Å². The smallest absolute Gasteiger partial charge is 0.226 e. The zero-order valence-corrected chi connectivity index (χ0v) is 13.7. The molecule has 1 aliphatic heterocycles. The van der Waals surface area contributed by atoms with Gasteiger partial charge >= 0.3 is 0 Å². The van der Waals surface area contributed by atoms with Gasteiger partial charge in [-0.25, -0.2) is 0 Å². The van der Waals surface area contributed by atoms with Gasteiger partial charge in [0.05, 0.1) is 19.1 Å². The molecule has 2 rings (SSSR count). The lowest BCUT2D eigenvalue weighted by molar-refractivity contribution is -0.134. The molecule has 1 fully saturated rings. The first kappa shape index (κ1) is 16.8. The monoisotopic (exact) mass is 306 g/mol. The first-order valence-corrected chi connectivity index (χ1v) is 7.76. The number of ether oxygens (including phenoxy) is 1. The number of amides is 1. The number of hydrogen-bond donors (Lipinski definition) is 1. The predicted molar refractivity (Wildman–Crippen MR) is 85.8 cm³/mol. The van der Waals surface area contributed by atoms with Crippen LogP contribution in [-0.4, -0.2) is 61.7 Å². The van der Waals surface area contributed by atoms with E-state index in [0.717, 1.165) is 37.2 Å². The van der Waals surface area contributed by atoms with Crippen molar-refractivity contribution in [2.24, 2.45) is 5.92 Å². The Morgan fingerprint density at radius 2 is 2.27 bits per heavy atom. The molecule has 0 spiro atoms. The van der Waals surface area contributed by atoms with E-state index in [0.29, 0.717) is 6.54 Å². The lowest BCUT2D eigenvalue weighted by atomic mass is 9.96. The molecule has 1 aromatic carbocycles. The van der Waals surface area contributed by atoms with Gasteiger partial charge in [0, 0.05) is 27.2 Å². The zero-order chi connectivity index (χ0) is 16.1. The first-order valence-electron chi connectivity index (χ1n) is 7.76. The third-order valence-electron chi connectivity index (χ3n) is 4.21. The highest BCUT2D eigenvalue weighted by Crippen LogP contribution is 2.23. The Morgan fingerprint density at radius 3 is 2.95 bits per heavy atom. The van der Waals surface area contributed by atoms with Crippen LogP contribution in [0, 0.1) is 5.92 Å². The summed E-state index contributed by atoms with van der Waals surface area (Å²) < 4.78 is 5.19. The molecule has 0 aromatic heterocycles. The molecule has 1 heterocycles. The van der Waals surface area contributed by atoms with Gasteiger partial charge in [-0.1, -0.05) is 12.1 Å². The van der Waals surface area contributed by atoms with Crippen LogP contribution in [0.1, 0.15) is 24.5 Å². The fourth-order valence-electron chi connectivity index (χ4n) is 2.99. The SMILES string of the molecule is COc1cccc(C(O)CN2CCCC(C(=O)N(C)C)C2)c1. The van der Waals surface area contributed by atoms with Crippen LogP contribution in [0.3, 0.4) is 0 Å². The molecule has 1 saturated heterocycles. The number of carbonyl (C=O) groups is 1. The van der Waals surface area contributed by atoms with Gasteiger partial charge in [-0.15, -0.1) is 0 Å². The maximum atomic E-state index is 12.1. The average molecular weight is 306 g/mol. The van der Waals surface area contributed by atoms with Gasteiger partial charge in [0.1, 0.15) is 5.75 Å². The molecule has 122 valence electrons. The number of carbonyl (C=O) groups excluding carboxylic acids is 1. The lowest BCUT2D eigenvalue weighted by Gasteiger charge is -2.34. The Kier molecular flexibility index (Phi) is 5.80. The predicted octanol–water partition coefficient (Wildman–Crippen LogP) is 1.53. The van der Waals surface area contributed by atoms with Gasteiger partial charge in [0.25, 0.3) is 0 Å². The van der Waals surface area contributed by atoms with Crippen LogP contribution in [0.15, 0.2) is 24.3 Å². The van der Waals surface area contributed by atoms with Crippen molar-refractivity contribution in [1.29, 1.82) is 0 Å². The van der Waals surface area contributed by atoms with Gasteiger partial charge < -0.3 is 14.7 Å². The topological polar surface area (TPSA) is 53.0 Å². The number of hydrogen-bond acceptors (Lipinski definition) is 4. The standard InChI is InChI=1S/C17H26N2O3/c1-18(2)17(21)14-7-5-9-19(11-14)12-16(20)13-6-4-8-15(10-13)22-3/h4,6,8,10,14,16,20H,5,7,9,11-12H2,1-3H3. The van der Waals surface area contributed by atoms with E-state index in [1.165, 1.54) is 0 Å². The number of piperidine rings is 1. The molecule has 0 saturated carbocycles. The molecule has 5 nitrogen and oxygen atoms in total. The Hall–Kier alpha value is -1.59. The average Bonchev–Trinajstić information content (AvgIpc) is 2.54. The highest BCUT2D eigenvalue weighted by atomic mass is 16.5. The molecule has 0 radical (unpaired) electrons. The molecule has 2 atom stereocenters. The fraction of sp³-hybridized carbons (Fsp3) is 0.588. The molecular formula is C17H26N2O3. The molecule has 1 aliphatic rings. The third-order valence-corrected chi connectivity index (χ3v) is 4.21. The molecule has 1 N–H and O–H groups in total. The van der Waals surface area contributed by atoms with E-state index in [2.05, 4.69) is 4.90 Å². The van der Waals surface area contributed by atoms with Crippen LogP contribution in [0.5, 0.6) is 5.75 Å². The Bertz CT molecular complexity index is 504. The van der Waals surface area contributed by atoms with Crippen LogP contribution in [0.25, 0.3) is 0 Å². The number of benzene rings is 1. The first-order chi connectivity index (χ1) is 10.5. The quantitative estimate of drug-likeness (QED) is 0.896. The van der Waals surface area contributed by atoms with Crippen LogP contribution >= 0.6 is 0 Å². The third kappa shape index (κ3) is 4.21. The van der Waals surface area contributed by atoms with Crippen molar-refractivity contribution in [3.63, 3.8) is 0 Å². The minimum atomic E-state index is -0.566. The minimum Gasteiger partial charge on any atom is -0.497 e. The second-order valence-corrected chi connectivity index (χ2v) is 6.12. The van der Waals surface area contributed by atoms with E-state index in [-0.39, 0.29) is 11.8 Å². The van der Waals surface area contributed by atoms with E-state index in [1.807, 2.05) is 24.3 Å². The Balaban J connectivity index is 1.95. The van der Waals surface area contributed by atoms with Crippen molar-refractivity contribution in [3.05, 3.63) is 29.8 Å². The normalized spacial score (nSPS) is 20.5. The van der Waals surface area contributed by atoms with Crippen LogP contribution < -0.4 is 4.74 Å². The van der Waals surface area contributed by atoms with E-state index in [1.54, 1.807) is 26.1 Å². The summed E-state index contributed by atoms with van der Waals surface area (Å²) in [5.41, 5.74) is 0.848. The number of rotatable bonds is 5. The van der Waals surface area contributed by atoms with Crippen molar-refractivity contribution in [2.75, 3.05) is 40.8 Å². The summed E-state index contributed by atoms with van der Waals surface area (Å²) in [6.07, 6.45) is 1.36. The highest BCUT2D eigenvalue weighted by molar-refractivity contribution is 5.78. The summed E-state index contributed by atoms with van der Waals surface area (Å²) in [5.74, 6) is 0.970. The Labute approximate surface area is 132 Å². The largest absolute Gasteiger partial charge is 0.497 e. The van der Waals surface area contributed by atoms with E-state index in [9.17, 15) is 9.90 Å². The summed E-state index contributed by atoms with van der Waals surface area (Å²) in [5, 5.41) is 10.4. The molecule has 0 bridgehead atoms. The molecule has 0 aliphatic carbocycles. The summed E-state index contributed by atoms with van der Waals surface area (Å²) in [6.45, 7) is 2.20. The van der Waals surface area contributed by atoms with Crippen molar-refractivity contribution in [1.82, 2.24) is 9.80 Å². The lowest BCUT2D eigenvalue weighted by Crippen LogP contribution is -2.43. The second-order valence-electron chi connectivity index (χ2n) is 6.12. The summed E-state index contributed by atoms with van der Waals surface area (Å²) in [4.78, 5) is 15.9. The van der Waals surface area contributed by atoms with Gasteiger partial charge in [0.2, 0.25) is 5.91 Å². The second kappa shape index (κ2) is 7.61.